The maximum Gasteiger partial charge on any atom is 0.264 e. The summed E-state index contributed by atoms with van der Waals surface area (Å²) in [5.41, 5.74) is 1.74. The molecule has 0 aromatic heterocycles. The number of rotatable bonds is 16. The average molecular weight is 697 g/mol. The van der Waals surface area contributed by atoms with E-state index in [0.29, 0.717) is 34.5 Å². The fourth-order valence-corrected chi connectivity index (χ4v) is 6.77. The van der Waals surface area contributed by atoms with Gasteiger partial charge in [-0.1, -0.05) is 91.1 Å². The van der Waals surface area contributed by atoms with Crippen molar-refractivity contribution in [3.8, 4) is 5.75 Å². The van der Waals surface area contributed by atoms with Crippen molar-refractivity contribution >= 4 is 50.7 Å². The van der Waals surface area contributed by atoms with Crippen LogP contribution < -0.4 is 14.4 Å². The topological polar surface area (TPSA) is 96.0 Å². The lowest BCUT2D eigenvalue weighted by Crippen LogP contribution is -2.53. The van der Waals surface area contributed by atoms with Gasteiger partial charge in [-0.2, -0.15) is 0 Å². The second-order valence-corrected chi connectivity index (χ2v) is 13.5. The Morgan fingerprint density at radius 1 is 0.830 bits per heavy atom. The van der Waals surface area contributed by atoms with Crippen molar-refractivity contribution in [3.63, 3.8) is 0 Å². The van der Waals surface area contributed by atoms with E-state index >= 15 is 0 Å². The first kappa shape index (κ1) is 35.8. The molecule has 0 aliphatic carbocycles. The highest BCUT2D eigenvalue weighted by Crippen LogP contribution is 2.28. The summed E-state index contributed by atoms with van der Waals surface area (Å²) in [5, 5.41) is 3.63. The zero-order chi connectivity index (χ0) is 33.8. The smallest absolute Gasteiger partial charge is 0.264 e. The molecule has 0 saturated heterocycles. The number of nitrogens with zero attached hydrogens (tertiary/aromatic N) is 2. The number of halogens is 2. The molecule has 47 heavy (non-hydrogen) atoms. The second kappa shape index (κ2) is 17.2. The van der Waals surface area contributed by atoms with Crippen molar-refractivity contribution in [1.82, 2.24) is 10.2 Å². The molecule has 0 aliphatic heterocycles. The van der Waals surface area contributed by atoms with Gasteiger partial charge in [-0.05, 0) is 73.0 Å². The third-order valence-corrected chi connectivity index (χ3v) is 10.0. The lowest BCUT2D eigenvalue weighted by atomic mass is 10.0. The fourth-order valence-electron chi connectivity index (χ4n) is 5.02. The molecule has 0 fully saturated rings. The molecule has 248 valence electrons. The van der Waals surface area contributed by atoms with Crippen molar-refractivity contribution in [2.45, 2.75) is 50.6 Å². The molecule has 2 amide bonds. The van der Waals surface area contributed by atoms with Gasteiger partial charge < -0.3 is 15.0 Å². The van der Waals surface area contributed by atoms with Crippen LogP contribution in [0.2, 0.25) is 10.0 Å². The molecule has 1 atom stereocenters. The van der Waals surface area contributed by atoms with Crippen LogP contribution in [0.15, 0.2) is 108 Å². The molecule has 4 rings (SSSR count). The van der Waals surface area contributed by atoms with E-state index < -0.39 is 28.5 Å². The Hall–Kier alpha value is -4.05. The molecule has 0 saturated carbocycles. The lowest BCUT2D eigenvalue weighted by Gasteiger charge is -2.34. The van der Waals surface area contributed by atoms with Crippen LogP contribution in [0, 0.1) is 0 Å². The zero-order valence-electron chi connectivity index (χ0n) is 26.4. The number of ether oxygens (including phenoxy) is 1. The minimum Gasteiger partial charge on any atom is -0.494 e. The quantitative estimate of drug-likeness (QED) is 0.126. The Morgan fingerprint density at radius 3 is 2.11 bits per heavy atom. The summed E-state index contributed by atoms with van der Waals surface area (Å²) in [5.74, 6) is -0.349. The van der Waals surface area contributed by atoms with E-state index in [0.717, 1.165) is 22.7 Å². The maximum absolute atomic E-state index is 14.6. The van der Waals surface area contributed by atoms with E-state index in [-0.39, 0.29) is 29.5 Å². The minimum atomic E-state index is -4.21. The number of benzene rings is 4. The third kappa shape index (κ3) is 9.73. The van der Waals surface area contributed by atoms with E-state index in [9.17, 15) is 18.0 Å². The molecule has 0 spiro atoms. The fraction of sp³-hybridized carbons (Fsp3) is 0.278. The van der Waals surface area contributed by atoms with Crippen LogP contribution in [-0.2, 0) is 32.6 Å². The second-order valence-electron chi connectivity index (χ2n) is 10.9. The van der Waals surface area contributed by atoms with E-state index in [1.807, 2.05) is 44.2 Å². The third-order valence-electron chi connectivity index (χ3n) is 7.48. The lowest BCUT2D eigenvalue weighted by molar-refractivity contribution is -0.140. The molecule has 11 heteroatoms. The summed E-state index contributed by atoms with van der Waals surface area (Å²) >= 11 is 12.5. The van der Waals surface area contributed by atoms with Gasteiger partial charge in [-0.25, -0.2) is 8.42 Å². The van der Waals surface area contributed by atoms with Crippen LogP contribution in [-0.4, -0.2) is 50.9 Å². The van der Waals surface area contributed by atoms with E-state index in [4.69, 9.17) is 27.9 Å². The summed E-state index contributed by atoms with van der Waals surface area (Å²) < 4.78 is 34.9. The first-order valence-corrected chi connectivity index (χ1v) is 17.7. The molecular weight excluding hydrogens is 657 g/mol. The molecule has 0 aliphatic rings. The number of hydrogen-bond acceptors (Lipinski definition) is 5. The number of amides is 2. The van der Waals surface area contributed by atoms with Crippen LogP contribution in [0.4, 0.5) is 5.69 Å². The van der Waals surface area contributed by atoms with Crippen molar-refractivity contribution in [2.75, 3.05) is 24.0 Å². The molecule has 0 bridgehead atoms. The number of sulfonamides is 1. The van der Waals surface area contributed by atoms with E-state index in [1.54, 1.807) is 60.7 Å². The number of unbranched alkanes of at least 4 members (excludes halogenated alkanes) is 1. The van der Waals surface area contributed by atoms with Gasteiger partial charge >= 0.3 is 0 Å². The summed E-state index contributed by atoms with van der Waals surface area (Å²) in [6.07, 6.45) is 1.86. The zero-order valence-corrected chi connectivity index (χ0v) is 28.8. The number of carbonyl (C=O) groups excluding carboxylic acids is 2. The highest BCUT2D eigenvalue weighted by Gasteiger charge is 2.34. The average Bonchev–Trinajstić information content (AvgIpc) is 3.08. The SMILES string of the molecule is CCCCNC(=O)C(Cc1ccccc1)N(Cc1ccc(Cl)c(Cl)c1)C(=O)CN(c1ccc(OCC)cc1)S(=O)(=O)c1ccccc1. The number of carbonyl (C=O) groups is 2. The first-order valence-electron chi connectivity index (χ1n) is 15.5. The van der Waals surface area contributed by atoms with Crippen LogP contribution in [0.5, 0.6) is 5.75 Å². The molecule has 4 aromatic rings. The van der Waals surface area contributed by atoms with Crippen molar-refractivity contribution in [1.29, 1.82) is 0 Å². The Bertz CT molecular complexity index is 1720. The summed E-state index contributed by atoms with van der Waals surface area (Å²) in [4.78, 5) is 29.9. The number of hydrogen-bond donors (Lipinski definition) is 1. The summed E-state index contributed by atoms with van der Waals surface area (Å²) in [7, 11) is -4.21. The molecule has 1 N–H and O–H groups in total. The van der Waals surface area contributed by atoms with Gasteiger partial charge in [0, 0.05) is 19.5 Å². The normalized spacial score (nSPS) is 11.8. The van der Waals surface area contributed by atoms with E-state index in [2.05, 4.69) is 5.32 Å². The summed E-state index contributed by atoms with van der Waals surface area (Å²) in [6.45, 7) is 4.17. The van der Waals surface area contributed by atoms with E-state index in [1.165, 1.54) is 17.0 Å². The highest BCUT2D eigenvalue weighted by molar-refractivity contribution is 7.92. The molecular formula is C36H39Cl2N3O5S. The largest absolute Gasteiger partial charge is 0.494 e. The Kier molecular flexibility index (Phi) is 13.1. The van der Waals surface area contributed by atoms with Gasteiger partial charge in [0.25, 0.3) is 10.0 Å². The standard InChI is InChI=1S/C36H39Cl2N3O5S/c1-3-5-22-39-36(43)34(24-27-12-8-6-9-13-27)40(25-28-16-21-32(37)33(38)23-28)35(42)26-41(29-17-19-30(20-18-29)46-4-2)47(44,45)31-14-10-7-11-15-31/h6-21,23,34H,3-5,22,24-26H2,1-2H3,(H,39,43). The van der Waals surface area contributed by atoms with Gasteiger partial charge in [0.2, 0.25) is 11.8 Å². The van der Waals surface area contributed by atoms with Gasteiger partial charge in [0.05, 0.1) is 27.2 Å². The van der Waals surface area contributed by atoms with Crippen LogP contribution in [0.1, 0.15) is 37.8 Å². The Morgan fingerprint density at radius 2 is 1.49 bits per heavy atom. The van der Waals surface area contributed by atoms with Crippen LogP contribution >= 0.6 is 23.2 Å². The Labute approximate surface area is 287 Å². The molecule has 4 aromatic carbocycles. The predicted octanol–water partition coefficient (Wildman–Crippen LogP) is 7.14. The first-order chi connectivity index (χ1) is 22.6. The minimum absolute atomic E-state index is 0.0169. The monoisotopic (exact) mass is 695 g/mol. The van der Waals surface area contributed by atoms with Crippen LogP contribution in [0.25, 0.3) is 0 Å². The number of nitrogens with one attached hydrogen (secondary N) is 1. The van der Waals surface area contributed by atoms with Crippen molar-refractivity contribution < 1.29 is 22.7 Å². The molecule has 0 heterocycles. The van der Waals surface area contributed by atoms with Crippen molar-refractivity contribution in [3.05, 3.63) is 124 Å². The predicted molar refractivity (Wildman–Crippen MR) is 187 cm³/mol. The van der Waals surface area contributed by atoms with Crippen molar-refractivity contribution in [2.24, 2.45) is 0 Å². The molecule has 8 nitrogen and oxygen atoms in total. The highest BCUT2D eigenvalue weighted by atomic mass is 35.5. The molecule has 0 radical (unpaired) electrons. The maximum atomic E-state index is 14.6. The summed E-state index contributed by atoms with van der Waals surface area (Å²) in [6, 6.07) is 27.9. The van der Waals surface area contributed by atoms with Gasteiger partial charge in [0.15, 0.2) is 0 Å². The van der Waals surface area contributed by atoms with Gasteiger partial charge in [0.1, 0.15) is 18.3 Å². The Balaban J connectivity index is 1.79. The van der Waals surface area contributed by atoms with Crippen LogP contribution in [0.3, 0.4) is 0 Å². The molecule has 1 unspecified atom stereocenters. The van der Waals surface area contributed by atoms with Gasteiger partial charge in [-0.15, -0.1) is 0 Å². The number of anilines is 1. The van der Waals surface area contributed by atoms with Gasteiger partial charge in [-0.3, -0.25) is 13.9 Å².